The summed E-state index contributed by atoms with van der Waals surface area (Å²) in [4.78, 5) is 0. The van der Waals surface area contributed by atoms with Crippen molar-refractivity contribution in [3.05, 3.63) is 18.0 Å². The molecule has 0 spiro atoms. The van der Waals surface area contributed by atoms with Gasteiger partial charge in [0, 0.05) is 12.6 Å². The molecular weight excluding hydrogens is 180 g/mol. The van der Waals surface area contributed by atoms with Crippen molar-refractivity contribution in [3.8, 4) is 0 Å². The maximum absolute atomic E-state index is 8.46. The van der Waals surface area contributed by atoms with Crippen LogP contribution in [0, 0.1) is 6.92 Å². The highest BCUT2D eigenvalue weighted by Gasteiger charge is 2.11. The van der Waals surface area contributed by atoms with Crippen LogP contribution in [-0.4, -0.2) is 20.8 Å². The van der Waals surface area contributed by atoms with Gasteiger partial charge in [-0.25, -0.2) is 0 Å². The van der Waals surface area contributed by atoms with Crippen LogP contribution in [-0.2, 0) is 0 Å². The maximum Gasteiger partial charge on any atom is 0.141 e. The molecule has 1 heterocycles. The molecule has 0 fully saturated rings. The third-order valence-corrected chi connectivity index (χ3v) is 2.16. The summed E-state index contributed by atoms with van der Waals surface area (Å²) in [6.45, 7) is 3.99. The van der Waals surface area contributed by atoms with Gasteiger partial charge in [0.2, 0.25) is 0 Å². The molecular formula is C9H16N4O. The van der Waals surface area contributed by atoms with Gasteiger partial charge in [-0.2, -0.15) is 5.10 Å². The highest BCUT2D eigenvalue weighted by Crippen LogP contribution is 2.14. The average molecular weight is 196 g/mol. The summed E-state index contributed by atoms with van der Waals surface area (Å²) in [5.41, 5.74) is 6.43. The van der Waals surface area contributed by atoms with Gasteiger partial charge in [0.05, 0.1) is 11.7 Å². The second-order valence-electron chi connectivity index (χ2n) is 3.29. The van der Waals surface area contributed by atoms with E-state index in [2.05, 4.69) is 10.3 Å². The smallest absolute Gasteiger partial charge is 0.141 e. The van der Waals surface area contributed by atoms with Crippen molar-refractivity contribution in [1.29, 1.82) is 0 Å². The fourth-order valence-corrected chi connectivity index (χ4v) is 1.34. The number of nitrogens with zero attached hydrogens (tertiary/aromatic N) is 3. The van der Waals surface area contributed by atoms with Crippen molar-refractivity contribution >= 4 is 5.84 Å². The quantitative estimate of drug-likeness (QED) is 0.329. The van der Waals surface area contributed by atoms with E-state index in [0.717, 1.165) is 12.1 Å². The first-order valence-corrected chi connectivity index (χ1v) is 4.65. The maximum atomic E-state index is 8.46. The van der Waals surface area contributed by atoms with Crippen LogP contribution in [0.1, 0.15) is 31.5 Å². The van der Waals surface area contributed by atoms with E-state index in [9.17, 15) is 0 Å². The van der Waals surface area contributed by atoms with Crippen LogP contribution >= 0.6 is 0 Å². The Balaban J connectivity index is 2.72. The normalized spacial score (nSPS) is 14.3. The molecule has 78 valence electrons. The van der Waals surface area contributed by atoms with Gasteiger partial charge in [-0.05, 0) is 19.4 Å². The zero-order valence-electron chi connectivity index (χ0n) is 8.51. The zero-order valence-corrected chi connectivity index (χ0v) is 8.51. The van der Waals surface area contributed by atoms with Crippen LogP contribution in [0.25, 0.3) is 0 Å². The first-order valence-electron chi connectivity index (χ1n) is 4.65. The Bertz CT molecular complexity index is 318. The Morgan fingerprint density at radius 1 is 1.79 bits per heavy atom. The standard InChI is InChI=1S/C9H16N4O/c1-3-8(6-9(10)12-14)13-5-4-7(2)11-13/h4-5,8,14H,3,6H2,1-2H3,(H2,10,12). The molecule has 0 aliphatic rings. The van der Waals surface area contributed by atoms with Gasteiger partial charge < -0.3 is 10.9 Å². The number of oxime groups is 1. The van der Waals surface area contributed by atoms with E-state index in [4.69, 9.17) is 10.9 Å². The van der Waals surface area contributed by atoms with Crippen molar-refractivity contribution in [3.63, 3.8) is 0 Å². The third-order valence-electron chi connectivity index (χ3n) is 2.16. The number of rotatable bonds is 4. The van der Waals surface area contributed by atoms with E-state index >= 15 is 0 Å². The van der Waals surface area contributed by atoms with E-state index in [1.54, 1.807) is 0 Å². The molecule has 0 saturated carbocycles. The Kier molecular flexibility index (Phi) is 3.50. The molecule has 1 aromatic heterocycles. The van der Waals surface area contributed by atoms with Crippen molar-refractivity contribution < 1.29 is 5.21 Å². The van der Waals surface area contributed by atoms with E-state index in [1.807, 2.05) is 30.8 Å². The molecule has 5 nitrogen and oxygen atoms in total. The van der Waals surface area contributed by atoms with Gasteiger partial charge in [0.25, 0.3) is 0 Å². The van der Waals surface area contributed by atoms with E-state index in [1.165, 1.54) is 0 Å². The highest BCUT2D eigenvalue weighted by atomic mass is 16.4. The van der Waals surface area contributed by atoms with Gasteiger partial charge in [0.15, 0.2) is 0 Å². The molecule has 0 radical (unpaired) electrons. The molecule has 1 aromatic rings. The largest absolute Gasteiger partial charge is 0.409 e. The Hall–Kier alpha value is -1.52. The molecule has 0 saturated heterocycles. The van der Waals surface area contributed by atoms with Gasteiger partial charge in [-0.15, -0.1) is 0 Å². The summed E-state index contributed by atoms with van der Waals surface area (Å²) in [6, 6.07) is 2.11. The highest BCUT2D eigenvalue weighted by molar-refractivity contribution is 5.79. The number of aromatic nitrogens is 2. The molecule has 0 aliphatic heterocycles. The number of hydrogen-bond donors (Lipinski definition) is 2. The van der Waals surface area contributed by atoms with Crippen molar-refractivity contribution in [2.75, 3.05) is 0 Å². The van der Waals surface area contributed by atoms with Crippen LogP contribution in [0.4, 0.5) is 0 Å². The Morgan fingerprint density at radius 2 is 2.50 bits per heavy atom. The molecule has 1 atom stereocenters. The second kappa shape index (κ2) is 4.64. The topological polar surface area (TPSA) is 76.4 Å². The molecule has 14 heavy (non-hydrogen) atoms. The van der Waals surface area contributed by atoms with Gasteiger partial charge in [-0.3, -0.25) is 4.68 Å². The van der Waals surface area contributed by atoms with E-state index < -0.39 is 0 Å². The molecule has 0 bridgehead atoms. The van der Waals surface area contributed by atoms with Gasteiger partial charge >= 0.3 is 0 Å². The molecule has 1 rings (SSSR count). The van der Waals surface area contributed by atoms with Gasteiger partial charge in [0.1, 0.15) is 5.84 Å². The predicted octanol–water partition coefficient (Wildman–Crippen LogP) is 1.28. The van der Waals surface area contributed by atoms with Crippen LogP contribution in [0.3, 0.4) is 0 Å². The number of aryl methyl sites for hydroxylation is 1. The first-order chi connectivity index (χ1) is 6.67. The van der Waals surface area contributed by atoms with E-state index in [0.29, 0.717) is 6.42 Å². The summed E-state index contributed by atoms with van der Waals surface area (Å²) in [5, 5.41) is 15.7. The summed E-state index contributed by atoms with van der Waals surface area (Å²) < 4.78 is 1.85. The average Bonchev–Trinajstić information content (AvgIpc) is 2.60. The van der Waals surface area contributed by atoms with E-state index in [-0.39, 0.29) is 11.9 Å². The zero-order chi connectivity index (χ0) is 10.6. The lowest BCUT2D eigenvalue weighted by molar-refractivity contribution is 0.314. The lowest BCUT2D eigenvalue weighted by Crippen LogP contribution is -2.19. The summed E-state index contributed by atoms with van der Waals surface area (Å²) in [5.74, 6) is 0.241. The van der Waals surface area contributed by atoms with Crippen molar-refractivity contribution in [1.82, 2.24) is 9.78 Å². The van der Waals surface area contributed by atoms with Crippen LogP contribution < -0.4 is 5.73 Å². The van der Waals surface area contributed by atoms with Crippen LogP contribution in [0.5, 0.6) is 0 Å². The van der Waals surface area contributed by atoms with Gasteiger partial charge in [-0.1, -0.05) is 12.1 Å². The van der Waals surface area contributed by atoms with Crippen LogP contribution in [0.2, 0.25) is 0 Å². The molecule has 3 N–H and O–H groups in total. The lowest BCUT2D eigenvalue weighted by Gasteiger charge is -2.14. The fraction of sp³-hybridized carbons (Fsp3) is 0.556. The van der Waals surface area contributed by atoms with Crippen molar-refractivity contribution in [2.45, 2.75) is 32.7 Å². The Morgan fingerprint density at radius 3 is 2.93 bits per heavy atom. The summed E-state index contributed by atoms with van der Waals surface area (Å²) in [6.07, 6.45) is 3.33. The molecule has 0 aliphatic carbocycles. The SMILES string of the molecule is CCC(CC(N)=NO)n1ccc(C)n1. The third kappa shape index (κ3) is 2.48. The molecule has 1 unspecified atom stereocenters. The second-order valence-corrected chi connectivity index (χ2v) is 3.29. The lowest BCUT2D eigenvalue weighted by atomic mass is 10.1. The van der Waals surface area contributed by atoms with Crippen LogP contribution in [0.15, 0.2) is 17.4 Å². The number of hydrogen-bond acceptors (Lipinski definition) is 3. The monoisotopic (exact) mass is 196 g/mol. The minimum absolute atomic E-state index is 0.166. The predicted molar refractivity (Wildman–Crippen MR) is 54.3 cm³/mol. The summed E-state index contributed by atoms with van der Waals surface area (Å²) in [7, 11) is 0. The number of nitrogens with two attached hydrogens (primary N) is 1. The summed E-state index contributed by atoms with van der Waals surface area (Å²) >= 11 is 0. The van der Waals surface area contributed by atoms with Crippen molar-refractivity contribution in [2.24, 2.45) is 10.9 Å². The molecule has 0 amide bonds. The minimum atomic E-state index is 0.166. The fourth-order valence-electron chi connectivity index (χ4n) is 1.34. The first kappa shape index (κ1) is 10.6. The molecule has 0 aromatic carbocycles. The minimum Gasteiger partial charge on any atom is -0.409 e. The molecule has 5 heteroatoms. The Labute approximate surface area is 83.2 Å². The number of amidine groups is 1.